The fourth-order valence-electron chi connectivity index (χ4n) is 14.9. The number of nitrogens with zero attached hydrogens (tertiary/aromatic N) is 8. The number of rotatable bonds is 24. The molecule has 32 nitrogen and oxygen atoms in total. The van der Waals surface area contributed by atoms with Gasteiger partial charge in [0.25, 0.3) is 0 Å². The van der Waals surface area contributed by atoms with Crippen LogP contribution in [0.3, 0.4) is 0 Å². The van der Waals surface area contributed by atoms with Crippen molar-refractivity contribution in [3.63, 3.8) is 0 Å². The van der Waals surface area contributed by atoms with E-state index < -0.39 is 95.7 Å². The molecule has 15 rings (SSSR count). The Morgan fingerprint density at radius 3 is 1.52 bits per heavy atom. The van der Waals surface area contributed by atoms with Gasteiger partial charge in [-0.2, -0.15) is 38.4 Å². The highest BCUT2D eigenvalue weighted by atomic mass is 35.5. The van der Waals surface area contributed by atoms with Gasteiger partial charge in [0.15, 0.2) is 5.01 Å². The van der Waals surface area contributed by atoms with Crippen LogP contribution in [-0.4, -0.2) is 174 Å². The van der Waals surface area contributed by atoms with Gasteiger partial charge in [0.05, 0.1) is 95.0 Å². The molecule has 12 atom stereocenters. The van der Waals surface area contributed by atoms with E-state index in [0.29, 0.717) is 115 Å². The lowest BCUT2D eigenvalue weighted by Gasteiger charge is -2.36. The second-order valence-electron chi connectivity index (χ2n) is 28.5. The summed E-state index contributed by atoms with van der Waals surface area (Å²) in [6.07, 6.45) is 5.74. The molecule has 1 aromatic carbocycles. The predicted molar refractivity (Wildman–Crippen MR) is 421 cm³/mol. The molecule has 620 valence electrons. The second kappa shape index (κ2) is 35.8. The minimum Gasteiger partial charge on any atom is -0.393 e. The maximum atomic E-state index is 13.6. The number of ether oxygens (including phenoxy) is 3. The summed E-state index contributed by atoms with van der Waals surface area (Å²) in [7, 11) is -12.4. The van der Waals surface area contributed by atoms with Crippen LogP contribution in [-0.2, 0) is 88.7 Å². The van der Waals surface area contributed by atoms with Crippen LogP contribution in [0.4, 0.5) is 30.6 Å². The molecule has 3 unspecified atom stereocenters. The number of thiophene rings is 3. The van der Waals surface area contributed by atoms with Crippen LogP contribution < -0.4 is 31.4 Å². The number of nitrogens with two attached hydrogens (primary N) is 3. The molecular formula is C72H77Cl2F3N14O18S7. The molecule has 44 heteroatoms. The van der Waals surface area contributed by atoms with Gasteiger partial charge in [-0.25, -0.2) is 55.3 Å². The largest absolute Gasteiger partial charge is 0.443 e. The second-order valence-corrected chi connectivity index (χ2v) is 37.5. The van der Waals surface area contributed by atoms with Crippen molar-refractivity contribution in [2.24, 2.45) is 33.2 Å². The van der Waals surface area contributed by atoms with Crippen LogP contribution in [0.1, 0.15) is 168 Å². The van der Waals surface area contributed by atoms with Gasteiger partial charge >= 0.3 is 37.1 Å². The molecule has 3 aliphatic heterocycles. The standard InChI is InChI=1S/C25H27ClN4O6S2.C24H26ClN5O6S2.C23H24F3N5O6S3/c1-25(20-8-17(26)3-2-14(20)4-5-35-25)16-7-22(37-12-16)23(32)19-10-28-13-29-24(19)30-18-6-15(21(31)9-18)11-36-38(27,33)34;1-12-16(23-17-7-21(25)28-8-13(17)2-3-35-23)6-20(37-12)22(32)18-9-27-11-29-24(18)30-15-4-14(19(31)5-15)10-36-38(26,33)34;1-10-13(20-18-16(2-3-36-20)39-22(31-18)23(24,25)26)6-17(38-10)19(33)14-7-28-9-29-21(14)30-12-4-11(15(32)5-12)8-37-40(27,34)35/h2-3,7-8,10,12-13,15,18,21,31H,4-6,9,11H2,1H3,(H2,27,33,34)(H,28,29,30);6-9,11,14-15,19,23,31H,2-5,10H2,1H3,(H2,26,33,34)(H,27,29,30);6-7,9,11-12,15,20,32H,2-5,8H2,1H3,(H2,27,34,35)(H,28,29,30)/t15-,18-,21+,25?;14-,15-,19+,23?;11-,12-,15+,20?/m111/s1. The number of aliphatic hydroxyl groups is 3. The van der Waals surface area contributed by atoms with Gasteiger partial charge < -0.3 is 45.5 Å². The molecule has 11 heterocycles. The average molecular weight is 1780 g/mol. The number of carbonyl (C=O) groups is 3. The highest BCUT2D eigenvalue weighted by Crippen LogP contribution is 2.46. The molecule has 3 fully saturated rings. The number of carbonyl (C=O) groups excluding carboxylic acids is 3. The number of benzene rings is 1. The van der Waals surface area contributed by atoms with Crippen molar-refractivity contribution in [2.75, 3.05) is 55.6 Å². The summed E-state index contributed by atoms with van der Waals surface area (Å²) >= 11 is 16.9. The summed E-state index contributed by atoms with van der Waals surface area (Å²) in [4.78, 5) is 77.0. The van der Waals surface area contributed by atoms with Gasteiger partial charge in [-0.15, -0.1) is 45.3 Å². The van der Waals surface area contributed by atoms with E-state index in [1.54, 1.807) is 19.2 Å². The van der Waals surface area contributed by atoms with E-state index in [1.165, 1.54) is 71.6 Å². The number of aryl methyl sites for hydroxylation is 2. The first-order chi connectivity index (χ1) is 54.9. The smallest absolute Gasteiger partial charge is 0.393 e. The lowest BCUT2D eigenvalue weighted by Crippen LogP contribution is -2.33. The van der Waals surface area contributed by atoms with Crippen molar-refractivity contribution >= 4 is 134 Å². The average Bonchev–Trinajstić information content (AvgIpc) is 1.52. The van der Waals surface area contributed by atoms with Gasteiger partial charge in [-0.3, -0.25) is 26.9 Å². The lowest BCUT2D eigenvalue weighted by molar-refractivity contribution is -0.137. The van der Waals surface area contributed by atoms with Crippen LogP contribution in [0.25, 0.3) is 0 Å². The van der Waals surface area contributed by atoms with E-state index >= 15 is 0 Å². The molecule has 3 aliphatic carbocycles. The Labute approximate surface area is 689 Å². The van der Waals surface area contributed by atoms with E-state index in [4.69, 9.17) is 52.8 Å². The first-order valence-corrected chi connectivity index (χ1v) is 44.5. The Balaban J connectivity index is 0.000000151. The SMILES string of the molecule is CC1(c2csc(C(=O)c3cncnc3N[C@@H]3C[C@H](COS(N)(=O)=O)[C@@H](O)C3)c2)OCCc2ccc(Cl)cc21.Cc1sc(C(=O)c2cncnc2N[C@@H]2C[C@H](COS(N)(=O)=O)[C@@H](O)C2)cc1C1OCCc2cnc(Cl)cc21.Cc1sc(C(=O)c2cncnc2N[C@@H]2C[C@H](COS(N)(=O)=O)[C@@H](O)C2)cc1C1OCCc2sc(C(F)(F)F)nc21. The Kier molecular flexibility index (Phi) is 26.7. The van der Waals surface area contributed by atoms with Crippen molar-refractivity contribution in [3.8, 4) is 0 Å². The Bertz CT molecular complexity index is 5520. The normalized spacial score (nSPS) is 23.9. The van der Waals surface area contributed by atoms with Gasteiger partial charge in [0, 0.05) is 92.3 Å². The highest BCUT2D eigenvalue weighted by molar-refractivity contribution is 7.84. The van der Waals surface area contributed by atoms with Crippen molar-refractivity contribution in [2.45, 2.75) is 139 Å². The molecule has 9 aromatic rings. The molecule has 6 aliphatic rings. The van der Waals surface area contributed by atoms with Crippen molar-refractivity contribution in [1.82, 2.24) is 39.9 Å². The number of ketones is 3. The number of hydrogen-bond acceptors (Lipinski definition) is 33. The van der Waals surface area contributed by atoms with Gasteiger partial charge in [-0.1, -0.05) is 29.3 Å². The van der Waals surface area contributed by atoms with E-state index in [-0.39, 0.29) is 96.8 Å². The van der Waals surface area contributed by atoms with Crippen LogP contribution >= 0.6 is 68.5 Å². The summed E-state index contributed by atoms with van der Waals surface area (Å²) < 4.78 is 139. The number of aromatic nitrogens is 8. The lowest BCUT2D eigenvalue weighted by atomic mass is 9.83. The number of anilines is 3. The number of thiazole rings is 1. The van der Waals surface area contributed by atoms with Gasteiger partial charge in [0.1, 0.15) is 59.4 Å². The van der Waals surface area contributed by atoms with E-state index in [2.05, 4.69) is 68.4 Å². The van der Waals surface area contributed by atoms with Crippen molar-refractivity contribution in [3.05, 3.63) is 197 Å². The van der Waals surface area contributed by atoms with Crippen LogP contribution in [0, 0.1) is 31.6 Å². The quantitative estimate of drug-likeness (QED) is 0.0202. The number of fused-ring (bicyclic) bond motifs is 3. The van der Waals surface area contributed by atoms with E-state index in [0.717, 1.165) is 51.1 Å². The number of halogens is 5. The summed E-state index contributed by atoms with van der Waals surface area (Å²) in [6, 6.07) is 12.0. The Morgan fingerprint density at radius 2 is 1.03 bits per heavy atom. The molecular weight excluding hydrogens is 1700 g/mol. The first kappa shape index (κ1) is 86.3. The minimum absolute atomic E-state index is 0.160. The minimum atomic E-state index is -4.56. The third-order valence-corrected chi connectivity index (χ3v) is 26.7. The summed E-state index contributed by atoms with van der Waals surface area (Å²) in [5.74, 6) is -1.36. The van der Waals surface area contributed by atoms with Crippen molar-refractivity contribution in [1.29, 1.82) is 0 Å². The highest BCUT2D eigenvalue weighted by Gasteiger charge is 2.43. The first-order valence-electron chi connectivity index (χ1n) is 36.0. The zero-order valence-electron chi connectivity index (χ0n) is 61.6. The van der Waals surface area contributed by atoms with Crippen LogP contribution in [0.5, 0.6) is 0 Å². The molecule has 8 aromatic heterocycles. The molecule has 0 radical (unpaired) electrons. The Morgan fingerprint density at radius 1 is 0.578 bits per heavy atom. The summed E-state index contributed by atoms with van der Waals surface area (Å²) in [6.45, 7) is 6.29. The summed E-state index contributed by atoms with van der Waals surface area (Å²) in [5.41, 5.74) is 6.70. The predicted octanol–water partition coefficient (Wildman–Crippen LogP) is 8.58. The van der Waals surface area contributed by atoms with E-state index in [1.807, 2.05) is 55.6 Å². The molecule has 0 spiro atoms. The summed E-state index contributed by atoms with van der Waals surface area (Å²) in [5, 5.41) is 57.3. The van der Waals surface area contributed by atoms with Gasteiger partial charge in [-0.05, 0) is 147 Å². The zero-order valence-corrected chi connectivity index (χ0v) is 68.9. The maximum Gasteiger partial charge on any atom is 0.443 e. The number of alkyl halides is 3. The molecule has 12 N–H and O–H groups in total. The monoisotopic (exact) mass is 1780 g/mol. The number of aliphatic hydroxyl groups excluding tert-OH is 3. The topological polar surface area (TPSA) is 487 Å². The molecule has 3 saturated carbocycles. The molecule has 0 bridgehead atoms. The Hall–Kier alpha value is -7.51. The molecule has 116 heavy (non-hydrogen) atoms. The van der Waals surface area contributed by atoms with Crippen molar-refractivity contribution < 1.29 is 94.9 Å². The van der Waals surface area contributed by atoms with Crippen LogP contribution in [0.15, 0.2) is 91.6 Å². The number of hydrogen-bond donors (Lipinski definition) is 9. The third-order valence-electron chi connectivity index (χ3n) is 20.6. The van der Waals surface area contributed by atoms with Gasteiger partial charge in [0.2, 0.25) is 17.3 Å². The van der Waals surface area contributed by atoms with Crippen LogP contribution in [0.2, 0.25) is 10.2 Å². The number of nitrogens with one attached hydrogen (secondary N) is 3. The molecule has 0 saturated heterocycles. The fourth-order valence-corrected chi connectivity index (χ4v) is 20.2. The third kappa shape index (κ3) is 20.7. The number of pyridine rings is 1. The maximum absolute atomic E-state index is 13.6. The fraction of sp³-hybridized carbons (Fsp3) is 0.431. The zero-order chi connectivity index (χ0) is 82.9. The van der Waals surface area contributed by atoms with E-state index in [9.17, 15) is 68.1 Å². The molecule has 0 amide bonds.